The Balaban J connectivity index is 2.29. The maximum absolute atomic E-state index is 13.6. The lowest BCUT2D eigenvalue weighted by molar-refractivity contribution is 0.627. The Morgan fingerprint density at radius 3 is 2.48 bits per heavy atom. The molecule has 3 rings (SSSR count). The molecule has 6 heteroatoms. The molecule has 1 heterocycles. The number of aromatic nitrogens is 2. The fourth-order valence-corrected chi connectivity index (χ4v) is 2.58. The lowest BCUT2D eigenvalue weighted by Crippen LogP contribution is -2.02. The van der Waals surface area contributed by atoms with Gasteiger partial charge in [-0.25, -0.2) is 13.8 Å². The third kappa shape index (κ3) is 2.61. The van der Waals surface area contributed by atoms with Crippen LogP contribution in [-0.2, 0) is 6.42 Å². The highest BCUT2D eigenvalue weighted by molar-refractivity contribution is 6.31. The van der Waals surface area contributed by atoms with Gasteiger partial charge in [-0.05, 0) is 30.3 Å². The number of fused-ring (bicyclic) bond motifs is 1. The van der Waals surface area contributed by atoms with E-state index in [-0.39, 0.29) is 10.8 Å². The number of aryl methyl sites for hydroxylation is 1. The zero-order chi connectivity index (χ0) is 15.0. The van der Waals surface area contributed by atoms with Crippen molar-refractivity contribution >= 4 is 34.2 Å². The van der Waals surface area contributed by atoms with Gasteiger partial charge in [-0.15, -0.1) is 11.6 Å². The average molecular weight is 327 g/mol. The van der Waals surface area contributed by atoms with Crippen LogP contribution in [0.2, 0.25) is 5.02 Å². The van der Waals surface area contributed by atoms with Crippen molar-refractivity contribution in [1.82, 2.24) is 9.55 Å². The molecule has 2 aromatic carbocycles. The van der Waals surface area contributed by atoms with Crippen molar-refractivity contribution in [3.63, 3.8) is 0 Å². The Morgan fingerprint density at radius 1 is 1.10 bits per heavy atom. The van der Waals surface area contributed by atoms with Crippen LogP contribution in [0.4, 0.5) is 8.78 Å². The van der Waals surface area contributed by atoms with Crippen molar-refractivity contribution in [3.05, 3.63) is 58.9 Å². The number of alkyl halides is 1. The maximum Gasteiger partial charge on any atom is 0.144 e. The molecule has 0 atom stereocenters. The second-order valence-electron chi connectivity index (χ2n) is 4.53. The van der Waals surface area contributed by atoms with Crippen LogP contribution >= 0.6 is 23.2 Å². The fourth-order valence-electron chi connectivity index (χ4n) is 2.25. The lowest BCUT2D eigenvalue weighted by atomic mass is 10.2. The van der Waals surface area contributed by atoms with Gasteiger partial charge in [0.2, 0.25) is 0 Å². The number of halogens is 4. The molecule has 2 nitrogen and oxygen atoms in total. The Morgan fingerprint density at radius 2 is 1.81 bits per heavy atom. The van der Waals surface area contributed by atoms with Crippen molar-refractivity contribution in [2.45, 2.75) is 6.42 Å². The average Bonchev–Trinajstić information content (AvgIpc) is 2.78. The topological polar surface area (TPSA) is 17.8 Å². The quantitative estimate of drug-likeness (QED) is 0.636. The molecule has 0 aliphatic heterocycles. The molecule has 1 aromatic heterocycles. The van der Waals surface area contributed by atoms with Crippen molar-refractivity contribution < 1.29 is 8.78 Å². The van der Waals surface area contributed by atoms with E-state index in [1.165, 1.54) is 24.3 Å². The normalized spacial score (nSPS) is 11.2. The summed E-state index contributed by atoms with van der Waals surface area (Å²) in [6.07, 6.45) is 0.507. The van der Waals surface area contributed by atoms with Crippen LogP contribution in [0.5, 0.6) is 0 Å². The standard InChI is InChI=1S/C15H10Cl2F2N2/c16-6-5-15-20-13-8-12(19)11(17)7-14(13)21(15)10-3-1-9(18)2-4-10/h1-4,7-8H,5-6H2. The summed E-state index contributed by atoms with van der Waals surface area (Å²) in [6, 6.07) is 8.78. The van der Waals surface area contributed by atoms with E-state index < -0.39 is 5.82 Å². The minimum absolute atomic E-state index is 0.0168. The van der Waals surface area contributed by atoms with Gasteiger partial charge >= 0.3 is 0 Å². The summed E-state index contributed by atoms with van der Waals surface area (Å²) < 4.78 is 28.5. The molecule has 0 fully saturated rings. The fraction of sp³-hybridized carbons (Fsp3) is 0.133. The Hall–Kier alpha value is -1.65. The van der Waals surface area contributed by atoms with Gasteiger partial charge in [0.15, 0.2) is 0 Å². The monoisotopic (exact) mass is 326 g/mol. The number of benzene rings is 2. The first-order valence-corrected chi connectivity index (χ1v) is 7.19. The molecule has 0 radical (unpaired) electrons. The summed E-state index contributed by atoms with van der Waals surface area (Å²) in [4.78, 5) is 4.39. The lowest BCUT2D eigenvalue weighted by Gasteiger charge is -2.08. The van der Waals surface area contributed by atoms with Crippen molar-refractivity contribution in [2.24, 2.45) is 0 Å². The summed E-state index contributed by atoms with van der Waals surface area (Å²) in [5.74, 6) is 0.200. The van der Waals surface area contributed by atoms with E-state index in [2.05, 4.69) is 4.98 Å². The second-order valence-corrected chi connectivity index (χ2v) is 5.32. The first-order valence-electron chi connectivity index (χ1n) is 6.28. The van der Waals surface area contributed by atoms with Gasteiger partial charge in [0.05, 0.1) is 16.1 Å². The van der Waals surface area contributed by atoms with E-state index in [9.17, 15) is 8.78 Å². The summed E-state index contributed by atoms with van der Waals surface area (Å²) in [7, 11) is 0. The maximum atomic E-state index is 13.6. The summed E-state index contributed by atoms with van der Waals surface area (Å²) in [5.41, 5.74) is 1.87. The molecule has 0 saturated carbocycles. The number of nitrogens with zero attached hydrogens (tertiary/aromatic N) is 2. The van der Waals surface area contributed by atoms with Crippen LogP contribution < -0.4 is 0 Å². The highest BCUT2D eigenvalue weighted by Crippen LogP contribution is 2.27. The number of rotatable bonds is 3. The zero-order valence-electron chi connectivity index (χ0n) is 10.8. The molecule has 21 heavy (non-hydrogen) atoms. The third-order valence-corrected chi connectivity index (χ3v) is 3.65. The molecule has 0 saturated heterocycles. The number of hydrogen-bond donors (Lipinski definition) is 0. The van der Waals surface area contributed by atoms with E-state index in [4.69, 9.17) is 23.2 Å². The van der Waals surface area contributed by atoms with Crippen LogP contribution in [0.25, 0.3) is 16.7 Å². The van der Waals surface area contributed by atoms with Crippen LogP contribution in [0.15, 0.2) is 36.4 Å². The van der Waals surface area contributed by atoms with Crippen LogP contribution in [0, 0.1) is 11.6 Å². The van der Waals surface area contributed by atoms with Gasteiger partial charge in [0, 0.05) is 24.1 Å². The summed E-state index contributed by atoms with van der Waals surface area (Å²) in [5, 5.41) is 0.0168. The zero-order valence-corrected chi connectivity index (χ0v) is 12.3. The van der Waals surface area contributed by atoms with E-state index in [1.54, 1.807) is 12.1 Å². The first-order chi connectivity index (χ1) is 10.1. The molecule has 3 aromatic rings. The molecule has 0 aliphatic carbocycles. The van der Waals surface area contributed by atoms with Crippen LogP contribution in [-0.4, -0.2) is 15.4 Å². The molecule has 0 bridgehead atoms. The van der Waals surface area contributed by atoms with Crippen LogP contribution in [0.3, 0.4) is 0 Å². The van der Waals surface area contributed by atoms with Crippen LogP contribution in [0.1, 0.15) is 5.82 Å². The summed E-state index contributed by atoms with van der Waals surface area (Å²) >= 11 is 11.7. The minimum atomic E-state index is -0.523. The first kappa shape index (κ1) is 14.3. The number of hydrogen-bond acceptors (Lipinski definition) is 1. The predicted octanol–water partition coefficient (Wildman–Crippen LogP) is 4.74. The van der Waals surface area contributed by atoms with Gasteiger partial charge in [-0.3, -0.25) is 4.57 Å². The predicted molar refractivity (Wildman–Crippen MR) is 80.4 cm³/mol. The van der Waals surface area contributed by atoms with E-state index in [1.807, 2.05) is 4.57 Å². The Kier molecular flexibility index (Phi) is 3.83. The highest BCUT2D eigenvalue weighted by Gasteiger charge is 2.14. The van der Waals surface area contributed by atoms with E-state index in [0.29, 0.717) is 29.2 Å². The second kappa shape index (κ2) is 5.62. The molecule has 0 amide bonds. The molecular formula is C15H10Cl2F2N2. The third-order valence-electron chi connectivity index (χ3n) is 3.17. The van der Waals surface area contributed by atoms with Gasteiger partial charge < -0.3 is 0 Å². The highest BCUT2D eigenvalue weighted by atomic mass is 35.5. The Bertz CT molecular complexity index is 798. The van der Waals surface area contributed by atoms with E-state index in [0.717, 1.165) is 5.69 Å². The van der Waals surface area contributed by atoms with Gasteiger partial charge in [0.1, 0.15) is 17.5 Å². The van der Waals surface area contributed by atoms with Crippen molar-refractivity contribution in [3.8, 4) is 5.69 Å². The number of imidazole rings is 1. The SMILES string of the molecule is Fc1ccc(-n2c(CCCl)nc3cc(F)c(Cl)cc32)cc1. The minimum Gasteiger partial charge on any atom is -0.296 e. The smallest absolute Gasteiger partial charge is 0.144 e. The largest absolute Gasteiger partial charge is 0.296 e. The molecule has 0 N–H and O–H groups in total. The van der Waals surface area contributed by atoms with Gasteiger partial charge in [-0.1, -0.05) is 11.6 Å². The molecule has 0 aliphatic rings. The molecule has 0 unspecified atom stereocenters. The molecular weight excluding hydrogens is 317 g/mol. The molecule has 0 spiro atoms. The van der Waals surface area contributed by atoms with Gasteiger partial charge in [0.25, 0.3) is 0 Å². The summed E-state index contributed by atoms with van der Waals surface area (Å²) in [6.45, 7) is 0. The van der Waals surface area contributed by atoms with E-state index >= 15 is 0 Å². The van der Waals surface area contributed by atoms with Crippen molar-refractivity contribution in [1.29, 1.82) is 0 Å². The van der Waals surface area contributed by atoms with Gasteiger partial charge in [-0.2, -0.15) is 0 Å². The Labute approximate surface area is 129 Å². The molecule has 108 valence electrons. The van der Waals surface area contributed by atoms with Crippen molar-refractivity contribution in [2.75, 3.05) is 5.88 Å².